The Morgan fingerprint density at radius 2 is 1.95 bits per heavy atom. The minimum absolute atomic E-state index is 0. The predicted octanol–water partition coefficient (Wildman–Crippen LogP) is 1.83. The first kappa shape index (κ1) is 16.7. The number of nitrogens with one attached hydrogen (secondary N) is 1. The summed E-state index contributed by atoms with van der Waals surface area (Å²) in [5, 5.41) is 3.64. The van der Waals surface area contributed by atoms with E-state index in [1.165, 1.54) is 19.4 Å². The van der Waals surface area contributed by atoms with Gasteiger partial charge in [-0.1, -0.05) is 0 Å². The fourth-order valence-corrected chi connectivity index (χ4v) is 2.51. The van der Waals surface area contributed by atoms with Crippen LogP contribution in [0.2, 0.25) is 0 Å². The van der Waals surface area contributed by atoms with Gasteiger partial charge in [0.1, 0.15) is 0 Å². The normalized spacial score (nSPS) is 20.2. The second-order valence-electron chi connectivity index (χ2n) is 5.60. The lowest BCUT2D eigenvalue weighted by atomic mass is 10.0. The van der Waals surface area contributed by atoms with Crippen LogP contribution in [0.5, 0.6) is 0 Å². The summed E-state index contributed by atoms with van der Waals surface area (Å²) in [6, 6.07) is 0.633. The monoisotopic (exact) mass is 290 g/mol. The number of rotatable bonds is 7. The second-order valence-corrected chi connectivity index (χ2v) is 5.60. The highest BCUT2D eigenvalue weighted by Gasteiger charge is 2.25. The third kappa shape index (κ3) is 6.11. The summed E-state index contributed by atoms with van der Waals surface area (Å²) >= 11 is 0. The maximum Gasteiger partial charge on any atom is 0.222 e. The molecule has 19 heavy (non-hydrogen) atoms. The van der Waals surface area contributed by atoms with E-state index in [0.717, 1.165) is 38.3 Å². The molecule has 0 atom stereocenters. The van der Waals surface area contributed by atoms with Crippen molar-refractivity contribution in [1.82, 2.24) is 10.2 Å². The molecule has 1 heterocycles. The second kappa shape index (κ2) is 8.77. The summed E-state index contributed by atoms with van der Waals surface area (Å²) < 4.78 is 4.98. The molecule has 0 radical (unpaired) electrons. The lowest BCUT2D eigenvalue weighted by Gasteiger charge is -2.32. The number of methoxy groups -OCH3 is 1. The van der Waals surface area contributed by atoms with Gasteiger partial charge in [0.05, 0.1) is 0 Å². The van der Waals surface area contributed by atoms with Crippen molar-refractivity contribution >= 4 is 18.3 Å². The molecule has 0 aromatic heterocycles. The zero-order valence-corrected chi connectivity index (χ0v) is 12.7. The average molecular weight is 291 g/mol. The van der Waals surface area contributed by atoms with Gasteiger partial charge in [0.2, 0.25) is 5.91 Å². The van der Waals surface area contributed by atoms with Crippen LogP contribution >= 0.6 is 12.4 Å². The summed E-state index contributed by atoms with van der Waals surface area (Å²) in [7, 11) is 1.68. The van der Waals surface area contributed by atoms with Gasteiger partial charge in [-0.3, -0.25) is 4.79 Å². The molecular formula is C14H27ClN2O2. The van der Waals surface area contributed by atoms with E-state index in [1.54, 1.807) is 7.11 Å². The molecule has 0 aromatic rings. The molecule has 0 bridgehead atoms. The van der Waals surface area contributed by atoms with E-state index in [4.69, 9.17) is 4.74 Å². The van der Waals surface area contributed by atoms with Gasteiger partial charge in [-0.25, -0.2) is 0 Å². The third-order valence-corrected chi connectivity index (χ3v) is 3.98. The quantitative estimate of drug-likeness (QED) is 0.727. The van der Waals surface area contributed by atoms with Crippen molar-refractivity contribution in [3.05, 3.63) is 0 Å². The van der Waals surface area contributed by atoms with Crippen molar-refractivity contribution in [1.29, 1.82) is 0 Å². The number of carbonyl (C=O) groups excluding carboxylic acids is 1. The number of amides is 1. The Balaban J connectivity index is 0.00000180. The summed E-state index contributed by atoms with van der Waals surface area (Å²) in [6.07, 6.45) is 6.52. The van der Waals surface area contributed by atoms with Gasteiger partial charge in [-0.05, 0) is 44.6 Å². The molecule has 0 unspecified atom stereocenters. The highest BCUT2D eigenvalue weighted by atomic mass is 35.5. The molecule has 2 rings (SSSR count). The number of carbonyl (C=O) groups is 1. The third-order valence-electron chi connectivity index (χ3n) is 3.98. The first-order chi connectivity index (χ1) is 8.79. The Morgan fingerprint density at radius 3 is 2.53 bits per heavy atom. The molecule has 1 N–H and O–H groups in total. The number of likely N-dealkylation sites (tertiary alicyclic amines) is 1. The standard InChI is InChI=1S/C14H26N2O2.ClH/c1-18-10-2-3-14(17)16-8-6-13(7-9-16)15-11-12-4-5-12;/h12-13,15H,2-11H2,1H3;1H. The van der Waals surface area contributed by atoms with Crippen molar-refractivity contribution in [3.8, 4) is 0 Å². The number of ether oxygens (including phenoxy) is 1. The molecule has 1 saturated heterocycles. The number of hydrogen-bond donors (Lipinski definition) is 1. The molecule has 5 heteroatoms. The van der Waals surface area contributed by atoms with Crippen LogP contribution in [-0.4, -0.2) is 50.2 Å². The Kier molecular flexibility index (Phi) is 7.73. The van der Waals surface area contributed by atoms with Crippen LogP contribution in [0.15, 0.2) is 0 Å². The molecule has 2 aliphatic rings. The van der Waals surface area contributed by atoms with Crippen molar-refractivity contribution in [3.63, 3.8) is 0 Å². The minimum atomic E-state index is 0. The lowest BCUT2D eigenvalue weighted by Crippen LogP contribution is -2.45. The topological polar surface area (TPSA) is 41.6 Å². The molecule has 0 spiro atoms. The van der Waals surface area contributed by atoms with Crippen LogP contribution in [-0.2, 0) is 9.53 Å². The summed E-state index contributed by atoms with van der Waals surface area (Å²) in [5.74, 6) is 1.24. The molecule has 2 fully saturated rings. The minimum Gasteiger partial charge on any atom is -0.385 e. The van der Waals surface area contributed by atoms with E-state index in [2.05, 4.69) is 5.32 Å². The van der Waals surface area contributed by atoms with E-state index in [0.29, 0.717) is 25.0 Å². The molecule has 1 aliphatic carbocycles. The maximum absolute atomic E-state index is 11.9. The van der Waals surface area contributed by atoms with Gasteiger partial charge in [-0.2, -0.15) is 0 Å². The Labute approximate surface area is 122 Å². The predicted molar refractivity (Wildman–Crippen MR) is 78.7 cm³/mol. The van der Waals surface area contributed by atoms with Crippen LogP contribution in [0.25, 0.3) is 0 Å². The van der Waals surface area contributed by atoms with E-state index in [1.807, 2.05) is 4.90 Å². The number of halogens is 1. The van der Waals surface area contributed by atoms with Gasteiger partial charge < -0.3 is 15.0 Å². The van der Waals surface area contributed by atoms with Crippen molar-refractivity contribution in [2.75, 3.05) is 33.4 Å². The molecule has 4 nitrogen and oxygen atoms in total. The highest BCUT2D eigenvalue weighted by molar-refractivity contribution is 5.85. The average Bonchev–Trinajstić information content (AvgIpc) is 3.21. The molecule has 0 aromatic carbocycles. The number of hydrogen-bond acceptors (Lipinski definition) is 3. The highest BCUT2D eigenvalue weighted by Crippen LogP contribution is 2.28. The zero-order chi connectivity index (χ0) is 12.8. The first-order valence-electron chi connectivity index (χ1n) is 7.29. The number of piperidine rings is 1. The molecule has 112 valence electrons. The lowest BCUT2D eigenvalue weighted by molar-refractivity contribution is -0.132. The molecular weight excluding hydrogens is 264 g/mol. The molecule has 1 saturated carbocycles. The zero-order valence-electron chi connectivity index (χ0n) is 11.9. The van der Waals surface area contributed by atoms with Gasteiger partial charge in [0, 0.05) is 39.3 Å². The fraction of sp³-hybridized carbons (Fsp3) is 0.929. The van der Waals surface area contributed by atoms with Crippen LogP contribution in [0, 0.1) is 5.92 Å². The number of nitrogens with zero attached hydrogens (tertiary/aromatic N) is 1. The van der Waals surface area contributed by atoms with Crippen LogP contribution < -0.4 is 5.32 Å². The summed E-state index contributed by atoms with van der Waals surface area (Å²) in [4.78, 5) is 13.9. The van der Waals surface area contributed by atoms with Crippen molar-refractivity contribution in [2.45, 2.75) is 44.6 Å². The van der Waals surface area contributed by atoms with Gasteiger partial charge in [-0.15, -0.1) is 12.4 Å². The van der Waals surface area contributed by atoms with Crippen LogP contribution in [0.3, 0.4) is 0 Å². The Morgan fingerprint density at radius 1 is 1.26 bits per heavy atom. The van der Waals surface area contributed by atoms with Crippen molar-refractivity contribution < 1.29 is 9.53 Å². The SMILES string of the molecule is COCCCC(=O)N1CCC(NCC2CC2)CC1.Cl. The van der Waals surface area contributed by atoms with E-state index >= 15 is 0 Å². The Hall–Kier alpha value is -0.320. The van der Waals surface area contributed by atoms with E-state index in [-0.39, 0.29) is 12.4 Å². The Bertz CT molecular complexity index is 264. The van der Waals surface area contributed by atoms with Crippen molar-refractivity contribution in [2.24, 2.45) is 5.92 Å². The first-order valence-corrected chi connectivity index (χ1v) is 7.29. The molecule has 1 amide bonds. The van der Waals surface area contributed by atoms with Crippen LogP contribution in [0.1, 0.15) is 38.5 Å². The van der Waals surface area contributed by atoms with Gasteiger partial charge in [0.25, 0.3) is 0 Å². The summed E-state index contributed by atoms with van der Waals surface area (Å²) in [6.45, 7) is 3.72. The van der Waals surface area contributed by atoms with E-state index < -0.39 is 0 Å². The summed E-state index contributed by atoms with van der Waals surface area (Å²) in [5.41, 5.74) is 0. The fourth-order valence-electron chi connectivity index (χ4n) is 2.51. The largest absolute Gasteiger partial charge is 0.385 e. The van der Waals surface area contributed by atoms with Gasteiger partial charge >= 0.3 is 0 Å². The maximum atomic E-state index is 11.9. The van der Waals surface area contributed by atoms with Gasteiger partial charge in [0.15, 0.2) is 0 Å². The van der Waals surface area contributed by atoms with E-state index in [9.17, 15) is 4.79 Å². The smallest absolute Gasteiger partial charge is 0.222 e. The van der Waals surface area contributed by atoms with Crippen LogP contribution in [0.4, 0.5) is 0 Å². The molecule has 1 aliphatic heterocycles.